The summed E-state index contributed by atoms with van der Waals surface area (Å²) in [4.78, 5) is 23.7. The molecule has 3 heterocycles. The highest BCUT2D eigenvalue weighted by Crippen LogP contribution is 2.34. The van der Waals surface area contributed by atoms with Crippen LogP contribution in [-0.4, -0.2) is 52.7 Å². The number of hydrogen-bond donors (Lipinski definition) is 1. The smallest absolute Gasteiger partial charge is 0.310 e. The van der Waals surface area contributed by atoms with Crippen LogP contribution in [0.4, 0.5) is 11.6 Å². The molecule has 8 nitrogen and oxygen atoms in total. The fourth-order valence-corrected chi connectivity index (χ4v) is 4.82. The summed E-state index contributed by atoms with van der Waals surface area (Å²) < 4.78 is 12.7. The summed E-state index contributed by atoms with van der Waals surface area (Å²) in [5.41, 5.74) is 5.06. The lowest BCUT2D eigenvalue weighted by atomic mass is 9.99. The number of carbonyl (C=O) groups excluding carboxylic acids is 1. The number of methoxy groups -OCH3 is 1. The number of aromatic nitrogens is 3. The Morgan fingerprint density at radius 1 is 1.22 bits per heavy atom. The van der Waals surface area contributed by atoms with Crippen LogP contribution in [0, 0.1) is 0 Å². The van der Waals surface area contributed by atoms with Gasteiger partial charge in [-0.25, -0.2) is 4.98 Å². The minimum Gasteiger partial charge on any atom is -0.495 e. The summed E-state index contributed by atoms with van der Waals surface area (Å²) in [5.74, 6) is 1.36. The minimum atomic E-state index is -0.276. The van der Waals surface area contributed by atoms with Crippen LogP contribution in [0.2, 0.25) is 5.02 Å². The molecule has 9 heteroatoms. The number of rotatable bonds is 7. The zero-order chi connectivity index (χ0) is 25.2. The molecular formula is C27H28ClN5O3. The van der Waals surface area contributed by atoms with Crippen molar-refractivity contribution in [2.75, 3.05) is 32.6 Å². The third-order valence-electron chi connectivity index (χ3n) is 6.36. The van der Waals surface area contributed by atoms with Crippen molar-refractivity contribution < 1.29 is 14.3 Å². The number of nitrogens with one attached hydrogen (secondary N) is 1. The molecule has 36 heavy (non-hydrogen) atoms. The van der Waals surface area contributed by atoms with E-state index in [4.69, 9.17) is 26.1 Å². The molecule has 1 aliphatic rings. The average molecular weight is 506 g/mol. The highest BCUT2D eigenvalue weighted by molar-refractivity contribution is 6.32. The Hall–Kier alpha value is -3.62. The van der Waals surface area contributed by atoms with E-state index in [-0.39, 0.29) is 12.4 Å². The standard InChI is InChI=1S/C27H28ClN5O3/c1-4-36-25(34)13-19-16-33(23-8-6-5-7-20(19)23)26-21(28)14-29-27(31-26)30-22-11-18-15-32(2)10-9-17(18)12-24(22)35-3/h5-8,11-12,14,16H,4,9-10,13,15H2,1-3H3,(H,29,30,31). The number of nitrogens with zero attached hydrogens (tertiary/aromatic N) is 4. The van der Waals surface area contributed by atoms with E-state index >= 15 is 0 Å². The molecule has 0 amide bonds. The molecule has 186 valence electrons. The second kappa shape index (κ2) is 10.2. The molecule has 0 saturated heterocycles. The van der Waals surface area contributed by atoms with Gasteiger partial charge in [0.1, 0.15) is 10.8 Å². The SMILES string of the molecule is CCOC(=O)Cc1cn(-c2nc(Nc3cc4c(cc3OC)CCN(C)C4)ncc2Cl)c2ccccc12. The Balaban J connectivity index is 1.53. The molecule has 2 aromatic carbocycles. The zero-order valence-electron chi connectivity index (χ0n) is 20.5. The number of hydrogen-bond acceptors (Lipinski definition) is 7. The first-order valence-corrected chi connectivity index (χ1v) is 12.3. The largest absolute Gasteiger partial charge is 0.495 e. The van der Waals surface area contributed by atoms with E-state index in [1.54, 1.807) is 20.2 Å². The van der Waals surface area contributed by atoms with E-state index in [9.17, 15) is 4.79 Å². The molecule has 0 spiro atoms. The highest BCUT2D eigenvalue weighted by Gasteiger charge is 2.19. The van der Waals surface area contributed by atoms with Crippen LogP contribution in [0.3, 0.4) is 0 Å². The average Bonchev–Trinajstić information content (AvgIpc) is 3.23. The zero-order valence-corrected chi connectivity index (χ0v) is 21.3. The summed E-state index contributed by atoms with van der Waals surface area (Å²) in [6.07, 6.45) is 4.61. The number of benzene rings is 2. The van der Waals surface area contributed by atoms with Crippen molar-refractivity contribution >= 4 is 40.1 Å². The normalized spacial score (nSPS) is 13.4. The first-order valence-electron chi connectivity index (χ1n) is 11.9. The van der Waals surface area contributed by atoms with Gasteiger partial charge in [0.25, 0.3) is 0 Å². The second-order valence-corrected chi connectivity index (χ2v) is 9.23. The van der Waals surface area contributed by atoms with Gasteiger partial charge in [0.05, 0.1) is 37.5 Å². The van der Waals surface area contributed by atoms with Crippen molar-refractivity contribution in [1.82, 2.24) is 19.4 Å². The van der Waals surface area contributed by atoms with E-state index in [0.29, 0.717) is 23.4 Å². The number of likely N-dealkylation sites (N-methyl/N-ethyl adjacent to an activating group) is 1. The number of halogens is 1. The number of anilines is 2. The lowest BCUT2D eigenvalue weighted by Gasteiger charge is -2.26. The van der Waals surface area contributed by atoms with Crippen LogP contribution in [0.5, 0.6) is 5.75 Å². The lowest BCUT2D eigenvalue weighted by molar-refractivity contribution is -0.142. The summed E-state index contributed by atoms with van der Waals surface area (Å²) in [6, 6.07) is 12.0. The predicted molar refractivity (Wildman–Crippen MR) is 141 cm³/mol. The van der Waals surface area contributed by atoms with Gasteiger partial charge < -0.3 is 19.7 Å². The Morgan fingerprint density at radius 2 is 2.06 bits per heavy atom. The van der Waals surface area contributed by atoms with Gasteiger partial charge in [0.2, 0.25) is 5.95 Å². The van der Waals surface area contributed by atoms with Crippen LogP contribution in [-0.2, 0) is 28.9 Å². The number of carbonyl (C=O) groups is 1. The van der Waals surface area contributed by atoms with Crippen LogP contribution in [0.25, 0.3) is 16.7 Å². The van der Waals surface area contributed by atoms with Gasteiger partial charge in [-0.2, -0.15) is 4.98 Å². The van der Waals surface area contributed by atoms with Crippen molar-refractivity contribution in [2.24, 2.45) is 0 Å². The van der Waals surface area contributed by atoms with E-state index in [1.165, 1.54) is 11.1 Å². The number of ether oxygens (including phenoxy) is 2. The highest BCUT2D eigenvalue weighted by atomic mass is 35.5. The molecule has 2 aromatic heterocycles. The Morgan fingerprint density at radius 3 is 2.86 bits per heavy atom. The third-order valence-corrected chi connectivity index (χ3v) is 6.63. The van der Waals surface area contributed by atoms with E-state index in [1.807, 2.05) is 35.0 Å². The molecule has 0 radical (unpaired) electrons. The van der Waals surface area contributed by atoms with Crippen LogP contribution in [0.15, 0.2) is 48.8 Å². The van der Waals surface area contributed by atoms with Gasteiger partial charge in [-0.1, -0.05) is 29.8 Å². The molecule has 0 atom stereocenters. The summed E-state index contributed by atoms with van der Waals surface area (Å²) >= 11 is 6.57. The number of fused-ring (bicyclic) bond motifs is 2. The van der Waals surface area contributed by atoms with Crippen LogP contribution < -0.4 is 10.1 Å². The minimum absolute atomic E-state index is 0.163. The molecular weight excluding hydrogens is 478 g/mol. The van der Waals surface area contributed by atoms with Crippen LogP contribution in [0.1, 0.15) is 23.6 Å². The van der Waals surface area contributed by atoms with E-state index in [2.05, 4.69) is 34.4 Å². The monoisotopic (exact) mass is 505 g/mol. The van der Waals surface area contributed by atoms with Crippen molar-refractivity contribution in [3.63, 3.8) is 0 Å². The molecule has 0 unspecified atom stereocenters. The molecule has 1 aliphatic heterocycles. The van der Waals surface area contributed by atoms with Crippen molar-refractivity contribution in [3.05, 3.63) is 70.5 Å². The summed E-state index contributed by atoms with van der Waals surface area (Å²) in [7, 11) is 3.78. The van der Waals surface area contributed by atoms with Crippen molar-refractivity contribution in [2.45, 2.75) is 26.3 Å². The molecule has 1 N–H and O–H groups in total. The Kier molecular flexibility index (Phi) is 6.80. The molecule has 5 rings (SSSR count). The van der Waals surface area contributed by atoms with Gasteiger partial charge in [-0.05, 0) is 55.3 Å². The Bertz CT molecular complexity index is 1430. The van der Waals surface area contributed by atoms with Crippen molar-refractivity contribution in [3.8, 4) is 11.6 Å². The molecule has 0 bridgehead atoms. The van der Waals surface area contributed by atoms with Gasteiger partial charge >= 0.3 is 5.97 Å². The van der Waals surface area contributed by atoms with Crippen LogP contribution >= 0.6 is 11.6 Å². The first-order chi connectivity index (χ1) is 17.5. The molecule has 0 aliphatic carbocycles. The maximum Gasteiger partial charge on any atom is 0.310 e. The number of para-hydroxylation sites is 1. The van der Waals surface area contributed by atoms with Gasteiger partial charge in [-0.3, -0.25) is 9.36 Å². The van der Waals surface area contributed by atoms with E-state index in [0.717, 1.165) is 47.4 Å². The lowest BCUT2D eigenvalue weighted by Crippen LogP contribution is -2.26. The fourth-order valence-electron chi connectivity index (χ4n) is 4.64. The second-order valence-electron chi connectivity index (χ2n) is 8.82. The summed E-state index contributed by atoms with van der Waals surface area (Å²) in [5, 5.41) is 4.65. The molecule has 0 saturated carbocycles. The molecule has 0 fully saturated rings. The topological polar surface area (TPSA) is 81.5 Å². The maximum absolute atomic E-state index is 12.2. The van der Waals surface area contributed by atoms with Crippen molar-refractivity contribution in [1.29, 1.82) is 0 Å². The maximum atomic E-state index is 12.2. The number of esters is 1. The first kappa shape index (κ1) is 24.1. The fraction of sp³-hybridized carbons (Fsp3) is 0.296. The van der Waals surface area contributed by atoms with E-state index < -0.39 is 0 Å². The Labute approximate surface area is 214 Å². The molecule has 4 aromatic rings. The van der Waals surface area contributed by atoms with Gasteiger partial charge in [-0.15, -0.1) is 0 Å². The summed E-state index contributed by atoms with van der Waals surface area (Å²) in [6.45, 7) is 4.04. The van der Waals surface area contributed by atoms with Gasteiger partial charge in [0.15, 0.2) is 5.82 Å². The third kappa shape index (κ3) is 4.74. The predicted octanol–water partition coefficient (Wildman–Crippen LogP) is 4.92. The quantitative estimate of drug-likeness (QED) is 0.357. The van der Waals surface area contributed by atoms with Gasteiger partial charge in [0, 0.05) is 24.7 Å².